The summed E-state index contributed by atoms with van der Waals surface area (Å²) in [6, 6.07) is 8.24. The second-order valence-corrected chi connectivity index (χ2v) is 8.65. The predicted molar refractivity (Wildman–Crippen MR) is 107 cm³/mol. The number of carbonyl (C=O) groups excluding carboxylic acids is 1. The molecule has 0 saturated carbocycles. The lowest BCUT2D eigenvalue weighted by Gasteiger charge is -2.38. The molecule has 130 valence electrons. The molecule has 1 spiro atoms. The zero-order chi connectivity index (χ0) is 17.4. The molecule has 1 amide bonds. The number of amides is 1. The molecule has 1 aliphatic carbocycles. The van der Waals surface area contributed by atoms with E-state index in [1.54, 1.807) is 0 Å². The van der Waals surface area contributed by atoms with E-state index in [1.807, 2.05) is 23.9 Å². The Labute approximate surface area is 153 Å². The molecule has 1 aromatic rings. The summed E-state index contributed by atoms with van der Waals surface area (Å²) >= 11 is 1.88. The topological polar surface area (TPSA) is 41.5 Å². The van der Waals surface area contributed by atoms with Crippen molar-refractivity contribution in [3.63, 3.8) is 0 Å². The van der Waals surface area contributed by atoms with Crippen LogP contribution >= 0.6 is 11.8 Å². The summed E-state index contributed by atoms with van der Waals surface area (Å²) in [6.07, 6.45) is 9.51. The summed E-state index contributed by atoms with van der Waals surface area (Å²) in [7, 11) is 0. The van der Waals surface area contributed by atoms with Crippen LogP contribution in [0.2, 0.25) is 0 Å². The fourth-order valence-corrected chi connectivity index (χ4v) is 5.90. The lowest BCUT2D eigenvalue weighted by Crippen LogP contribution is -2.45. The maximum absolute atomic E-state index is 13.0. The van der Waals surface area contributed by atoms with E-state index in [1.165, 1.54) is 5.56 Å². The summed E-state index contributed by atoms with van der Waals surface area (Å²) in [4.78, 5) is 17.7. The van der Waals surface area contributed by atoms with Gasteiger partial charge in [-0.1, -0.05) is 44.2 Å². The maximum Gasteiger partial charge on any atom is 0.228 e. The minimum atomic E-state index is -0.0868. The van der Waals surface area contributed by atoms with E-state index in [-0.39, 0.29) is 16.6 Å². The average Bonchev–Trinajstić information content (AvgIpc) is 3.00. The highest BCUT2D eigenvalue weighted by atomic mass is 32.2. The maximum atomic E-state index is 13.0. The Balaban J connectivity index is 1.51. The standard InChI is InChI=1S/C21H24N2OS/c1-14(2)15-6-8-16(9-7-15)23-20(24)17-13-25-21-11-4-3-5-19(21)22-12-10-18(17)21/h3-9,11,14,17-18H,10,12-13H2,1-2H3,(H,23,24). The Hall–Kier alpha value is -1.81. The van der Waals surface area contributed by atoms with Crippen molar-refractivity contribution in [1.82, 2.24) is 0 Å². The van der Waals surface area contributed by atoms with Crippen molar-refractivity contribution < 1.29 is 4.79 Å². The molecule has 1 aromatic carbocycles. The van der Waals surface area contributed by atoms with E-state index in [4.69, 9.17) is 4.99 Å². The van der Waals surface area contributed by atoms with E-state index in [0.717, 1.165) is 30.1 Å². The van der Waals surface area contributed by atoms with Gasteiger partial charge in [0.2, 0.25) is 5.91 Å². The molecule has 0 aromatic heterocycles. The van der Waals surface area contributed by atoms with Crippen molar-refractivity contribution >= 4 is 29.1 Å². The number of nitrogens with zero attached hydrogens (tertiary/aromatic N) is 1. The van der Waals surface area contributed by atoms with Crippen molar-refractivity contribution in [3.05, 3.63) is 54.1 Å². The van der Waals surface area contributed by atoms with E-state index < -0.39 is 0 Å². The van der Waals surface area contributed by atoms with Gasteiger partial charge in [0, 0.05) is 18.0 Å². The quantitative estimate of drug-likeness (QED) is 0.874. The predicted octanol–water partition coefficient (Wildman–Crippen LogP) is 4.44. The van der Waals surface area contributed by atoms with Crippen LogP contribution in [0.3, 0.4) is 0 Å². The molecule has 2 aliphatic heterocycles. The van der Waals surface area contributed by atoms with Gasteiger partial charge in [0.25, 0.3) is 0 Å². The van der Waals surface area contributed by atoms with Gasteiger partial charge in [-0.15, -0.1) is 11.8 Å². The zero-order valence-electron chi connectivity index (χ0n) is 14.7. The van der Waals surface area contributed by atoms with E-state index >= 15 is 0 Å². The molecule has 4 heteroatoms. The number of hydrogen-bond acceptors (Lipinski definition) is 3. The number of benzene rings is 1. The summed E-state index contributed by atoms with van der Waals surface area (Å²) in [5, 5.41) is 3.14. The van der Waals surface area contributed by atoms with Gasteiger partial charge >= 0.3 is 0 Å². The van der Waals surface area contributed by atoms with Crippen LogP contribution in [0, 0.1) is 11.8 Å². The summed E-state index contributed by atoms with van der Waals surface area (Å²) < 4.78 is -0.0868. The highest BCUT2D eigenvalue weighted by molar-refractivity contribution is 8.02. The largest absolute Gasteiger partial charge is 0.326 e. The van der Waals surface area contributed by atoms with Gasteiger partial charge < -0.3 is 5.32 Å². The van der Waals surface area contributed by atoms with Crippen molar-refractivity contribution in [3.8, 4) is 0 Å². The third-order valence-corrected chi connectivity index (χ3v) is 7.20. The molecular weight excluding hydrogens is 328 g/mol. The highest BCUT2D eigenvalue weighted by Gasteiger charge is 2.53. The fraction of sp³-hybridized carbons (Fsp3) is 0.429. The van der Waals surface area contributed by atoms with Crippen LogP contribution in [-0.4, -0.2) is 28.7 Å². The molecule has 0 radical (unpaired) electrons. The van der Waals surface area contributed by atoms with Crippen molar-refractivity contribution in [2.24, 2.45) is 16.8 Å². The summed E-state index contributed by atoms with van der Waals surface area (Å²) in [5.41, 5.74) is 3.33. The molecule has 1 N–H and O–H groups in total. The monoisotopic (exact) mass is 352 g/mol. The number of anilines is 1. The first-order valence-electron chi connectivity index (χ1n) is 9.06. The lowest BCUT2D eigenvalue weighted by atomic mass is 9.74. The third kappa shape index (κ3) is 2.86. The number of allylic oxidation sites excluding steroid dienone is 3. The van der Waals surface area contributed by atoms with Crippen LogP contribution in [0.15, 0.2) is 53.6 Å². The Morgan fingerprint density at radius 1 is 1.28 bits per heavy atom. The first-order chi connectivity index (χ1) is 12.1. The molecular formula is C21H24N2OS. The molecule has 3 atom stereocenters. The van der Waals surface area contributed by atoms with Gasteiger partial charge in [-0.3, -0.25) is 9.79 Å². The van der Waals surface area contributed by atoms with Crippen LogP contribution in [0.25, 0.3) is 0 Å². The minimum Gasteiger partial charge on any atom is -0.326 e. The Morgan fingerprint density at radius 2 is 2.08 bits per heavy atom. The molecule has 2 heterocycles. The molecule has 0 bridgehead atoms. The number of carbonyl (C=O) groups is 1. The smallest absolute Gasteiger partial charge is 0.228 e. The van der Waals surface area contributed by atoms with Crippen LogP contribution in [0.1, 0.15) is 31.7 Å². The second-order valence-electron chi connectivity index (χ2n) is 7.36. The SMILES string of the molecule is CC(C)c1ccc(NC(=O)C2CSC34C=CC=CC3=NCCC24)cc1. The van der Waals surface area contributed by atoms with Crippen LogP contribution in [0.4, 0.5) is 5.69 Å². The van der Waals surface area contributed by atoms with Gasteiger partial charge in [0.1, 0.15) is 0 Å². The van der Waals surface area contributed by atoms with Gasteiger partial charge in [0.05, 0.1) is 16.4 Å². The van der Waals surface area contributed by atoms with E-state index in [0.29, 0.717) is 11.8 Å². The van der Waals surface area contributed by atoms with Crippen molar-refractivity contribution in [2.45, 2.75) is 30.9 Å². The highest BCUT2D eigenvalue weighted by Crippen LogP contribution is 2.53. The first kappa shape index (κ1) is 16.6. The van der Waals surface area contributed by atoms with Gasteiger partial charge in [0.15, 0.2) is 0 Å². The molecule has 4 rings (SSSR count). The van der Waals surface area contributed by atoms with Crippen LogP contribution < -0.4 is 5.32 Å². The zero-order valence-corrected chi connectivity index (χ0v) is 15.6. The number of aliphatic imine (C=N–C) groups is 1. The summed E-state index contributed by atoms with van der Waals surface area (Å²) in [6.45, 7) is 5.18. The Morgan fingerprint density at radius 3 is 2.84 bits per heavy atom. The molecule has 3 unspecified atom stereocenters. The number of rotatable bonds is 3. The minimum absolute atomic E-state index is 0.0384. The molecule has 3 nitrogen and oxygen atoms in total. The van der Waals surface area contributed by atoms with E-state index in [9.17, 15) is 4.79 Å². The molecule has 25 heavy (non-hydrogen) atoms. The first-order valence-corrected chi connectivity index (χ1v) is 10.0. The van der Waals surface area contributed by atoms with Gasteiger partial charge in [-0.25, -0.2) is 0 Å². The van der Waals surface area contributed by atoms with Crippen molar-refractivity contribution in [1.29, 1.82) is 0 Å². The van der Waals surface area contributed by atoms with E-state index in [2.05, 4.69) is 55.6 Å². The van der Waals surface area contributed by atoms with Gasteiger partial charge in [-0.05, 0) is 42.0 Å². The normalized spacial score (nSPS) is 30.0. The molecule has 1 saturated heterocycles. The Kier molecular flexibility index (Phi) is 4.32. The van der Waals surface area contributed by atoms with Crippen LogP contribution in [-0.2, 0) is 4.79 Å². The molecule has 1 fully saturated rings. The Bertz CT molecular complexity index is 763. The molecule has 3 aliphatic rings. The number of thioether (sulfide) groups is 1. The number of nitrogens with one attached hydrogen (secondary N) is 1. The van der Waals surface area contributed by atoms with Gasteiger partial charge in [-0.2, -0.15) is 0 Å². The van der Waals surface area contributed by atoms with Crippen molar-refractivity contribution in [2.75, 3.05) is 17.6 Å². The summed E-state index contributed by atoms with van der Waals surface area (Å²) in [5.74, 6) is 1.88. The van der Waals surface area contributed by atoms with Crippen LogP contribution in [0.5, 0.6) is 0 Å². The second kappa shape index (κ2) is 6.49. The fourth-order valence-electron chi connectivity index (χ4n) is 4.11. The number of hydrogen-bond donors (Lipinski definition) is 1. The third-order valence-electron chi connectivity index (χ3n) is 5.55. The lowest BCUT2D eigenvalue weighted by molar-refractivity contribution is -0.120. The average molecular weight is 353 g/mol.